The molecule has 0 aromatic carbocycles. The van der Waals surface area contributed by atoms with Gasteiger partial charge in [-0.2, -0.15) is 18.2 Å². The van der Waals surface area contributed by atoms with Gasteiger partial charge in [0, 0.05) is 38.8 Å². The molecular formula is C19H19ClF3N5OS. The maximum atomic E-state index is 12.8. The van der Waals surface area contributed by atoms with E-state index in [1.807, 2.05) is 22.4 Å². The van der Waals surface area contributed by atoms with Gasteiger partial charge >= 0.3 is 6.18 Å². The first-order chi connectivity index (χ1) is 14.4. The molecule has 3 aromatic heterocycles. The summed E-state index contributed by atoms with van der Waals surface area (Å²) >= 11 is 7.62. The van der Waals surface area contributed by atoms with Gasteiger partial charge in [-0.25, -0.2) is 4.98 Å². The topological polar surface area (TPSA) is 58.3 Å². The molecule has 4 rings (SSSR count). The standard InChI is InChI=1S/C19H19ClF3N5OS/c20-14-11-13(19(21,22)23)12-24-18(14)28-8-6-27(7-9-28)5-1-4-16-25-17(26-29-16)15-3-2-10-30-15/h2-3,10-12H,1,4-9H2. The first-order valence-electron chi connectivity index (χ1n) is 9.46. The zero-order valence-corrected chi connectivity index (χ0v) is 17.5. The number of pyridine rings is 1. The molecule has 1 aliphatic rings. The van der Waals surface area contributed by atoms with Crippen LogP contribution in [0.3, 0.4) is 0 Å². The Labute approximate surface area is 180 Å². The lowest BCUT2D eigenvalue weighted by atomic mass is 10.2. The van der Waals surface area contributed by atoms with E-state index < -0.39 is 11.7 Å². The summed E-state index contributed by atoms with van der Waals surface area (Å²) in [6, 6.07) is 4.84. The molecule has 30 heavy (non-hydrogen) atoms. The number of alkyl halides is 3. The van der Waals surface area contributed by atoms with Crippen LogP contribution in [0.1, 0.15) is 17.9 Å². The van der Waals surface area contributed by atoms with E-state index in [4.69, 9.17) is 16.1 Å². The molecule has 0 radical (unpaired) electrons. The van der Waals surface area contributed by atoms with Gasteiger partial charge in [-0.1, -0.05) is 22.8 Å². The second-order valence-corrected chi connectivity index (χ2v) is 8.30. The second-order valence-electron chi connectivity index (χ2n) is 6.95. The summed E-state index contributed by atoms with van der Waals surface area (Å²) in [5.74, 6) is 1.64. The third-order valence-corrected chi connectivity index (χ3v) is 6.04. The van der Waals surface area contributed by atoms with Crippen molar-refractivity contribution in [2.45, 2.75) is 19.0 Å². The molecule has 160 valence electrons. The average molecular weight is 458 g/mol. The third kappa shape index (κ3) is 4.93. The summed E-state index contributed by atoms with van der Waals surface area (Å²) in [4.78, 5) is 13.6. The molecule has 0 unspecified atom stereocenters. The number of anilines is 1. The van der Waals surface area contributed by atoms with E-state index in [1.54, 1.807) is 11.3 Å². The molecule has 0 atom stereocenters. The van der Waals surface area contributed by atoms with E-state index >= 15 is 0 Å². The Balaban J connectivity index is 1.24. The van der Waals surface area contributed by atoms with Crippen molar-refractivity contribution in [3.63, 3.8) is 0 Å². The molecule has 6 nitrogen and oxygen atoms in total. The Morgan fingerprint density at radius 1 is 1.20 bits per heavy atom. The van der Waals surface area contributed by atoms with Crippen LogP contribution in [0.25, 0.3) is 10.7 Å². The maximum Gasteiger partial charge on any atom is 0.417 e. The molecule has 3 aromatic rings. The van der Waals surface area contributed by atoms with Crippen molar-refractivity contribution in [3.05, 3.63) is 46.3 Å². The van der Waals surface area contributed by atoms with Gasteiger partial charge in [0.1, 0.15) is 5.82 Å². The number of aryl methyl sites for hydroxylation is 1. The second kappa shape index (κ2) is 8.91. The molecular weight excluding hydrogens is 439 g/mol. The molecule has 0 amide bonds. The van der Waals surface area contributed by atoms with Crippen LogP contribution in [0.4, 0.5) is 19.0 Å². The molecule has 1 aliphatic heterocycles. The summed E-state index contributed by atoms with van der Waals surface area (Å²) in [6.45, 7) is 3.74. The van der Waals surface area contributed by atoms with Gasteiger partial charge in [-0.05, 0) is 30.5 Å². The van der Waals surface area contributed by atoms with E-state index in [1.165, 1.54) is 0 Å². The van der Waals surface area contributed by atoms with E-state index in [2.05, 4.69) is 20.0 Å². The van der Waals surface area contributed by atoms with E-state index in [0.29, 0.717) is 37.0 Å². The van der Waals surface area contributed by atoms with Crippen LogP contribution < -0.4 is 4.90 Å². The molecule has 11 heteroatoms. The quantitative estimate of drug-likeness (QED) is 0.538. The van der Waals surface area contributed by atoms with Crippen molar-refractivity contribution in [1.82, 2.24) is 20.0 Å². The summed E-state index contributed by atoms with van der Waals surface area (Å²) in [6.07, 6.45) is -2.03. The Bertz CT molecular complexity index is 971. The van der Waals surface area contributed by atoms with Crippen molar-refractivity contribution in [3.8, 4) is 10.7 Å². The lowest BCUT2D eigenvalue weighted by Crippen LogP contribution is -2.47. The van der Waals surface area contributed by atoms with E-state index in [-0.39, 0.29) is 5.02 Å². The zero-order valence-electron chi connectivity index (χ0n) is 15.9. The molecule has 1 fully saturated rings. The third-order valence-electron chi connectivity index (χ3n) is 4.90. The predicted octanol–water partition coefficient (Wildman–Crippen LogP) is 4.62. The molecule has 0 spiro atoms. The van der Waals surface area contributed by atoms with Crippen molar-refractivity contribution >= 4 is 28.8 Å². The highest BCUT2D eigenvalue weighted by atomic mass is 35.5. The van der Waals surface area contributed by atoms with Gasteiger partial charge in [0.15, 0.2) is 0 Å². The van der Waals surface area contributed by atoms with Gasteiger partial charge < -0.3 is 9.42 Å². The number of piperazine rings is 1. The van der Waals surface area contributed by atoms with Crippen molar-refractivity contribution < 1.29 is 17.7 Å². The molecule has 4 heterocycles. The van der Waals surface area contributed by atoms with Gasteiger partial charge in [0.25, 0.3) is 0 Å². The van der Waals surface area contributed by atoms with Gasteiger partial charge in [-0.15, -0.1) is 11.3 Å². The van der Waals surface area contributed by atoms with Crippen LogP contribution in [0.15, 0.2) is 34.3 Å². The van der Waals surface area contributed by atoms with Gasteiger partial charge in [0.2, 0.25) is 11.7 Å². The fourth-order valence-electron chi connectivity index (χ4n) is 3.32. The zero-order chi connectivity index (χ0) is 21.1. The Morgan fingerprint density at radius 3 is 2.67 bits per heavy atom. The smallest absolute Gasteiger partial charge is 0.353 e. The van der Waals surface area contributed by atoms with Crippen LogP contribution in [0, 0.1) is 0 Å². The van der Waals surface area contributed by atoms with Crippen LogP contribution in [-0.2, 0) is 12.6 Å². The van der Waals surface area contributed by atoms with Crippen LogP contribution in [-0.4, -0.2) is 52.7 Å². The van der Waals surface area contributed by atoms with Crippen molar-refractivity contribution in [1.29, 1.82) is 0 Å². The number of halogens is 4. The molecule has 0 saturated carbocycles. The number of rotatable bonds is 6. The number of aromatic nitrogens is 3. The van der Waals surface area contributed by atoms with Crippen molar-refractivity contribution in [2.24, 2.45) is 0 Å². The molecule has 0 N–H and O–H groups in total. The average Bonchev–Trinajstić information content (AvgIpc) is 3.40. The first-order valence-corrected chi connectivity index (χ1v) is 10.7. The van der Waals surface area contributed by atoms with E-state index in [9.17, 15) is 13.2 Å². The summed E-state index contributed by atoms with van der Waals surface area (Å²) in [5, 5.41) is 6.01. The minimum absolute atomic E-state index is 0.0243. The van der Waals surface area contributed by atoms with Gasteiger partial charge in [0.05, 0.1) is 15.5 Å². The minimum atomic E-state index is -4.45. The van der Waals surface area contributed by atoms with Crippen LogP contribution in [0.2, 0.25) is 5.02 Å². The minimum Gasteiger partial charge on any atom is -0.353 e. The normalized spacial score (nSPS) is 15.7. The number of thiophene rings is 1. The van der Waals surface area contributed by atoms with Crippen LogP contribution >= 0.6 is 22.9 Å². The van der Waals surface area contributed by atoms with Gasteiger partial charge in [-0.3, -0.25) is 4.90 Å². The predicted molar refractivity (Wildman–Crippen MR) is 109 cm³/mol. The highest BCUT2D eigenvalue weighted by Crippen LogP contribution is 2.33. The monoisotopic (exact) mass is 457 g/mol. The largest absolute Gasteiger partial charge is 0.417 e. The highest BCUT2D eigenvalue weighted by molar-refractivity contribution is 7.13. The highest BCUT2D eigenvalue weighted by Gasteiger charge is 2.32. The molecule has 0 bridgehead atoms. The lowest BCUT2D eigenvalue weighted by Gasteiger charge is -2.35. The molecule has 1 saturated heterocycles. The fraction of sp³-hybridized carbons (Fsp3) is 0.421. The number of hydrogen-bond donors (Lipinski definition) is 0. The number of nitrogens with zero attached hydrogens (tertiary/aromatic N) is 5. The number of hydrogen-bond acceptors (Lipinski definition) is 7. The summed E-state index contributed by atoms with van der Waals surface area (Å²) < 4.78 is 43.6. The first kappa shape index (κ1) is 21.1. The maximum absolute atomic E-state index is 12.8. The summed E-state index contributed by atoms with van der Waals surface area (Å²) in [5.41, 5.74) is -0.835. The fourth-order valence-corrected chi connectivity index (χ4v) is 4.25. The Kier molecular flexibility index (Phi) is 6.26. The lowest BCUT2D eigenvalue weighted by molar-refractivity contribution is -0.137. The SMILES string of the molecule is FC(F)(F)c1cnc(N2CCN(CCCc3nc(-c4cccs4)no3)CC2)c(Cl)c1. The summed E-state index contributed by atoms with van der Waals surface area (Å²) in [7, 11) is 0. The Hall–Kier alpha value is -2.17. The van der Waals surface area contributed by atoms with Crippen molar-refractivity contribution in [2.75, 3.05) is 37.6 Å². The van der Waals surface area contributed by atoms with Crippen LogP contribution in [0.5, 0.6) is 0 Å². The van der Waals surface area contributed by atoms with E-state index in [0.717, 1.165) is 43.2 Å². The Morgan fingerprint density at radius 2 is 2.00 bits per heavy atom. The molecule has 0 aliphatic carbocycles.